The van der Waals surface area contributed by atoms with Crippen molar-refractivity contribution in [3.05, 3.63) is 119 Å². The quantitative estimate of drug-likeness (QED) is 0.286. The van der Waals surface area contributed by atoms with Crippen molar-refractivity contribution in [2.24, 2.45) is 0 Å². The lowest BCUT2D eigenvalue weighted by molar-refractivity contribution is -0.191. The summed E-state index contributed by atoms with van der Waals surface area (Å²) in [5.74, 6) is 0.656. The summed E-state index contributed by atoms with van der Waals surface area (Å²) >= 11 is 0. The van der Waals surface area contributed by atoms with Crippen LogP contribution in [0, 0.1) is 6.92 Å². The van der Waals surface area contributed by atoms with Crippen LogP contribution in [0.25, 0.3) is 22.0 Å². The molecule has 0 fully saturated rings. The van der Waals surface area contributed by atoms with E-state index in [0.717, 1.165) is 27.9 Å². The van der Waals surface area contributed by atoms with Crippen LogP contribution < -0.4 is 10.1 Å². The molecule has 0 aliphatic heterocycles. The molecule has 1 atom stereocenters. The summed E-state index contributed by atoms with van der Waals surface area (Å²) in [4.78, 5) is 29.3. The van der Waals surface area contributed by atoms with Crippen molar-refractivity contribution in [3.8, 4) is 16.9 Å². The molecule has 4 aromatic carbocycles. The molecule has 0 aliphatic carbocycles. The monoisotopic (exact) mass is 519 g/mol. The summed E-state index contributed by atoms with van der Waals surface area (Å²) in [5, 5.41) is 8.84. The minimum atomic E-state index is -0.147. The molecule has 0 saturated carbocycles. The molecule has 39 heavy (non-hydrogen) atoms. The number of hydrogen-bond donors (Lipinski definition) is 1. The molecule has 1 aromatic heterocycles. The van der Waals surface area contributed by atoms with Crippen LogP contribution in [0.3, 0.4) is 0 Å². The molecular formula is C32H29N3O4. The molecule has 5 rings (SSSR count). The molecule has 196 valence electrons. The number of nitrogens with one attached hydrogen (secondary N) is 1. The van der Waals surface area contributed by atoms with E-state index in [-0.39, 0.29) is 18.1 Å². The molecule has 7 heteroatoms. The Balaban J connectivity index is 0.00000112. The molecule has 0 aliphatic rings. The summed E-state index contributed by atoms with van der Waals surface area (Å²) in [7, 11) is 1.64. The van der Waals surface area contributed by atoms with Gasteiger partial charge in [-0.1, -0.05) is 66.7 Å². The van der Waals surface area contributed by atoms with E-state index in [1.807, 2.05) is 67.1 Å². The summed E-state index contributed by atoms with van der Waals surface area (Å²) in [6, 6.07) is 32.3. The minimum absolute atomic E-state index is 0.115. The second kappa shape index (κ2) is 12.5. The zero-order valence-electron chi connectivity index (χ0n) is 22.0. The fraction of sp³-hybridized carbons (Fsp3) is 0.156. The van der Waals surface area contributed by atoms with Gasteiger partial charge in [0.15, 0.2) is 0 Å². The number of hydrogen-bond acceptors (Lipinski definition) is 5. The number of aromatic nitrogens is 2. The smallest absolute Gasteiger partial charge is 0.373 e. The lowest BCUT2D eigenvalue weighted by Gasteiger charge is -2.15. The van der Waals surface area contributed by atoms with E-state index in [2.05, 4.69) is 53.8 Å². The number of aryl methyl sites for hydroxylation is 1. The second-order valence-electron chi connectivity index (χ2n) is 9.09. The third-order valence-electron chi connectivity index (χ3n) is 6.53. The summed E-state index contributed by atoms with van der Waals surface area (Å²) in [6.07, 6.45) is 0.250. The van der Waals surface area contributed by atoms with Gasteiger partial charge in [0.1, 0.15) is 5.75 Å². The molecule has 0 unspecified atom stereocenters. The van der Waals surface area contributed by atoms with E-state index in [9.17, 15) is 4.79 Å². The zero-order chi connectivity index (χ0) is 27.8. The molecule has 0 radical (unpaired) electrons. The average Bonchev–Trinajstić information content (AvgIpc) is 3.28. The van der Waals surface area contributed by atoms with Gasteiger partial charge >= 0.3 is 6.15 Å². The number of benzene rings is 4. The average molecular weight is 520 g/mol. The maximum absolute atomic E-state index is 13.0. The van der Waals surface area contributed by atoms with Gasteiger partial charge in [-0.25, -0.2) is 0 Å². The number of methoxy groups -OCH3 is 1. The van der Waals surface area contributed by atoms with Gasteiger partial charge in [-0.05, 0) is 66.4 Å². The lowest BCUT2D eigenvalue weighted by Crippen LogP contribution is -2.26. The Morgan fingerprint density at radius 3 is 2.31 bits per heavy atom. The summed E-state index contributed by atoms with van der Waals surface area (Å²) < 4.78 is 7.31. The third-order valence-corrected chi connectivity index (χ3v) is 6.53. The fourth-order valence-corrected chi connectivity index (χ4v) is 4.48. The topological polar surface area (TPSA) is 90.3 Å². The number of carbonyl (C=O) groups is 1. The highest BCUT2D eigenvalue weighted by molar-refractivity contribution is 5.98. The molecule has 5 aromatic rings. The number of ether oxygens (including phenoxy) is 1. The van der Waals surface area contributed by atoms with Crippen LogP contribution >= 0.6 is 0 Å². The Morgan fingerprint density at radius 1 is 0.923 bits per heavy atom. The van der Waals surface area contributed by atoms with Crippen LogP contribution in [-0.4, -0.2) is 28.9 Å². The van der Waals surface area contributed by atoms with E-state index in [1.54, 1.807) is 7.11 Å². The van der Waals surface area contributed by atoms with Crippen molar-refractivity contribution in [1.29, 1.82) is 0 Å². The molecule has 0 spiro atoms. The number of carbonyl (C=O) groups excluding carboxylic acids is 3. The van der Waals surface area contributed by atoms with E-state index in [0.29, 0.717) is 12.1 Å². The van der Waals surface area contributed by atoms with Gasteiger partial charge in [0, 0.05) is 10.9 Å². The molecule has 1 heterocycles. The largest absolute Gasteiger partial charge is 0.497 e. The van der Waals surface area contributed by atoms with E-state index < -0.39 is 0 Å². The molecule has 7 nitrogen and oxygen atoms in total. The normalized spacial score (nSPS) is 11.2. The van der Waals surface area contributed by atoms with Crippen molar-refractivity contribution in [1.82, 2.24) is 15.1 Å². The van der Waals surface area contributed by atoms with E-state index >= 15 is 0 Å². The first-order valence-corrected chi connectivity index (χ1v) is 12.5. The lowest BCUT2D eigenvalue weighted by atomic mass is 10.0. The number of nitrogens with zero attached hydrogens (tertiary/aromatic N) is 2. The first-order valence-electron chi connectivity index (χ1n) is 12.5. The molecule has 0 bridgehead atoms. The van der Waals surface area contributed by atoms with Crippen LogP contribution in [-0.2, 0) is 16.1 Å². The highest BCUT2D eigenvalue weighted by atomic mass is 16.5. The minimum Gasteiger partial charge on any atom is -0.497 e. The number of amides is 1. The van der Waals surface area contributed by atoms with Crippen molar-refractivity contribution in [3.63, 3.8) is 0 Å². The van der Waals surface area contributed by atoms with E-state index in [4.69, 9.17) is 19.4 Å². The van der Waals surface area contributed by atoms with Crippen LogP contribution in [0.4, 0.5) is 0 Å². The maximum Gasteiger partial charge on any atom is 0.373 e. The van der Waals surface area contributed by atoms with E-state index in [1.165, 1.54) is 16.7 Å². The zero-order valence-corrected chi connectivity index (χ0v) is 22.0. The number of fused-ring (bicyclic) bond motifs is 1. The molecular weight excluding hydrogens is 490 g/mol. The SMILES string of the molecule is COc1cccc([C@H](C)NC(=O)c2ccc3c(c2)c(C)nn3Cc2ccc(-c3ccccc3)cc2)c1.O=C=O. The predicted octanol–water partition coefficient (Wildman–Crippen LogP) is 5.98. The van der Waals surface area contributed by atoms with Gasteiger partial charge in [0.2, 0.25) is 0 Å². The Hall–Kier alpha value is -5.00. The maximum atomic E-state index is 13.0. The third kappa shape index (κ3) is 6.47. The van der Waals surface area contributed by atoms with Gasteiger partial charge < -0.3 is 10.1 Å². The highest BCUT2D eigenvalue weighted by Gasteiger charge is 2.15. The van der Waals surface area contributed by atoms with Crippen LogP contribution in [0.5, 0.6) is 5.75 Å². The van der Waals surface area contributed by atoms with Gasteiger partial charge in [-0.3, -0.25) is 9.48 Å². The van der Waals surface area contributed by atoms with Crippen molar-refractivity contribution < 1.29 is 19.1 Å². The Kier molecular flexibility index (Phi) is 8.67. The first-order chi connectivity index (χ1) is 18.9. The van der Waals surface area contributed by atoms with Gasteiger partial charge in [-0.2, -0.15) is 14.7 Å². The van der Waals surface area contributed by atoms with Crippen molar-refractivity contribution >= 4 is 23.0 Å². The van der Waals surface area contributed by atoms with Crippen molar-refractivity contribution in [2.45, 2.75) is 26.4 Å². The fourth-order valence-electron chi connectivity index (χ4n) is 4.48. The Bertz CT molecular complexity index is 1600. The highest BCUT2D eigenvalue weighted by Crippen LogP contribution is 2.24. The number of rotatable bonds is 7. The standard InChI is InChI=1S/C31H29N3O2.CO2/c1-21(26-10-7-11-28(18-26)36-3)32-31(35)27-16-17-30-29(19-27)22(2)33-34(30)20-23-12-14-25(15-13-23)24-8-5-4-6-9-24;2-1-3/h4-19,21H,20H2,1-3H3,(H,32,35);/t21-;/m0./s1. The van der Waals surface area contributed by atoms with Crippen molar-refractivity contribution in [2.75, 3.05) is 7.11 Å². The summed E-state index contributed by atoms with van der Waals surface area (Å²) in [6.45, 7) is 4.62. The van der Waals surface area contributed by atoms with Gasteiger partial charge in [0.25, 0.3) is 5.91 Å². The molecule has 0 saturated heterocycles. The Morgan fingerprint density at radius 2 is 1.62 bits per heavy atom. The first kappa shape index (κ1) is 27.0. The van der Waals surface area contributed by atoms with Gasteiger partial charge in [-0.15, -0.1) is 0 Å². The van der Waals surface area contributed by atoms with Gasteiger partial charge in [0.05, 0.1) is 30.9 Å². The molecule has 1 N–H and O–H groups in total. The Labute approximate surface area is 227 Å². The van der Waals surface area contributed by atoms with Crippen LogP contribution in [0.2, 0.25) is 0 Å². The predicted molar refractivity (Wildman–Crippen MR) is 149 cm³/mol. The second-order valence-corrected chi connectivity index (χ2v) is 9.09. The molecule has 1 amide bonds. The summed E-state index contributed by atoms with van der Waals surface area (Å²) in [5.41, 5.74) is 7.10. The van der Waals surface area contributed by atoms with Crippen LogP contribution in [0.1, 0.15) is 40.1 Å². The van der Waals surface area contributed by atoms with Crippen LogP contribution in [0.15, 0.2) is 97.1 Å².